The molecule has 0 radical (unpaired) electrons. The molecule has 1 amide bonds. The largest absolute Gasteiger partial charge is 0.346 e. The molecule has 3 N–H and O–H groups in total. The average Bonchev–Trinajstić information content (AvgIpc) is 3.11. The van der Waals surface area contributed by atoms with E-state index >= 15 is 0 Å². The van der Waals surface area contributed by atoms with Crippen molar-refractivity contribution in [3.05, 3.63) is 71.5 Å². The zero-order valence-corrected chi connectivity index (χ0v) is 15.8. The van der Waals surface area contributed by atoms with Crippen molar-refractivity contribution in [1.82, 2.24) is 5.32 Å². The first-order chi connectivity index (χ1) is 12.0. The molecule has 1 aliphatic carbocycles. The normalized spacial score (nSPS) is 17.8. The lowest BCUT2D eigenvalue weighted by Crippen LogP contribution is -2.47. The van der Waals surface area contributed by atoms with Crippen LogP contribution in [0.5, 0.6) is 0 Å². The minimum atomic E-state index is -0.407. The van der Waals surface area contributed by atoms with Gasteiger partial charge in [0.05, 0.1) is 11.5 Å². The van der Waals surface area contributed by atoms with Crippen molar-refractivity contribution in [2.75, 3.05) is 0 Å². The molecule has 0 spiro atoms. The molecule has 2 aromatic carbocycles. The summed E-state index contributed by atoms with van der Waals surface area (Å²) in [5.74, 6) is -0.661. The molecular weight excluding hydrogens is 351 g/mol. The number of halogens is 2. The van der Waals surface area contributed by atoms with E-state index in [9.17, 15) is 9.18 Å². The van der Waals surface area contributed by atoms with Crippen molar-refractivity contribution in [3.8, 4) is 0 Å². The maximum Gasteiger partial charge on any atom is 0.225 e. The summed E-state index contributed by atoms with van der Waals surface area (Å²) in [4.78, 5) is 12.9. The highest BCUT2D eigenvalue weighted by molar-refractivity contribution is 5.85. The van der Waals surface area contributed by atoms with Crippen LogP contribution in [-0.4, -0.2) is 5.91 Å². The van der Waals surface area contributed by atoms with E-state index in [0.717, 1.165) is 36.8 Å². The number of nitrogens with two attached hydrogens (primary N) is 1. The van der Waals surface area contributed by atoms with E-state index in [-0.39, 0.29) is 36.1 Å². The molecule has 2 aromatic rings. The lowest BCUT2D eigenvalue weighted by atomic mass is 9.86. The van der Waals surface area contributed by atoms with Crippen LogP contribution in [0.2, 0.25) is 0 Å². The molecular formula is C21H26ClFN2O. The molecule has 2 atom stereocenters. The summed E-state index contributed by atoms with van der Waals surface area (Å²) in [6, 6.07) is 15.8. The third-order valence-electron chi connectivity index (χ3n) is 5.35. The standard InChI is InChI=1S/C21H25FN2O.ClH/c1-15(19(23)16-7-3-2-4-8-16)20(25)24-21(13-5-6-14-21)17-9-11-18(22)12-10-17;/h2-4,7-12,15,19H,5-6,13-14,23H2,1H3,(H,24,25);1H. The Morgan fingerprint density at radius 3 is 2.23 bits per heavy atom. The van der Waals surface area contributed by atoms with Crippen LogP contribution in [0.3, 0.4) is 0 Å². The van der Waals surface area contributed by atoms with Crippen LogP contribution in [0.4, 0.5) is 4.39 Å². The minimum Gasteiger partial charge on any atom is -0.346 e. The van der Waals surface area contributed by atoms with Gasteiger partial charge in [-0.05, 0) is 36.1 Å². The fourth-order valence-corrected chi connectivity index (χ4v) is 3.71. The third kappa shape index (κ3) is 4.25. The first kappa shape index (κ1) is 20.4. The predicted molar refractivity (Wildman–Crippen MR) is 104 cm³/mol. The highest BCUT2D eigenvalue weighted by atomic mass is 35.5. The van der Waals surface area contributed by atoms with Gasteiger partial charge in [0.1, 0.15) is 5.82 Å². The number of rotatable bonds is 5. The van der Waals surface area contributed by atoms with Crippen molar-refractivity contribution in [3.63, 3.8) is 0 Å². The van der Waals surface area contributed by atoms with Gasteiger partial charge in [0.15, 0.2) is 0 Å². The van der Waals surface area contributed by atoms with Gasteiger partial charge in [0.25, 0.3) is 0 Å². The van der Waals surface area contributed by atoms with E-state index in [1.165, 1.54) is 12.1 Å². The van der Waals surface area contributed by atoms with Gasteiger partial charge in [-0.1, -0.05) is 62.2 Å². The van der Waals surface area contributed by atoms with E-state index in [2.05, 4.69) is 5.32 Å². The van der Waals surface area contributed by atoms with Gasteiger partial charge in [0, 0.05) is 6.04 Å². The summed E-state index contributed by atoms with van der Waals surface area (Å²) in [5, 5.41) is 3.24. The molecule has 5 heteroatoms. The number of hydrogen-bond acceptors (Lipinski definition) is 2. The van der Waals surface area contributed by atoms with E-state index in [0.29, 0.717) is 0 Å². The Kier molecular flexibility index (Phi) is 6.79. The van der Waals surface area contributed by atoms with Gasteiger partial charge in [-0.2, -0.15) is 0 Å². The van der Waals surface area contributed by atoms with Crippen LogP contribution in [0.25, 0.3) is 0 Å². The average molecular weight is 377 g/mol. The number of carbonyl (C=O) groups excluding carboxylic acids is 1. The van der Waals surface area contributed by atoms with E-state index < -0.39 is 5.54 Å². The summed E-state index contributed by atoms with van der Waals surface area (Å²) >= 11 is 0. The van der Waals surface area contributed by atoms with Gasteiger partial charge in [-0.3, -0.25) is 4.79 Å². The van der Waals surface area contributed by atoms with Gasteiger partial charge in [0.2, 0.25) is 5.91 Å². The summed E-state index contributed by atoms with van der Waals surface area (Å²) in [5.41, 5.74) is 7.82. The van der Waals surface area contributed by atoms with Crippen LogP contribution in [0, 0.1) is 11.7 Å². The fraction of sp³-hybridized carbons (Fsp3) is 0.381. The second kappa shape index (κ2) is 8.65. The van der Waals surface area contributed by atoms with Crippen molar-refractivity contribution in [2.45, 2.75) is 44.2 Å². The second-order valence-electron chi connectivity index (χ2n) is 7.01. The molecule has 140 valence electrons. The molecule has 1 saturated carbocycles. The molecule has 0 heterocycles. The topological polar surface area (TPSA) is 55.1 Å². The minimum absolute atomic E-state index is 0. The first-order valence-electron chi connectivity index (χ1n) is 8.90. The first-order valence-corrected chi connectivity index (χ1v) is 8.90. The summed E-state index contributed by atoms with van der Waals surface area (Å²) in [7, 11) is 0. The molecule has 0 bridgehead atoms. The lowest BCUT2D eigenvalue weighted by Gasteiger charge is -2.33. The monoisotopic (exact) mass is 376 g/mol. The highest BCUT2D eigenvalue weighted by Crippen LogP contribution is 2.39. The second-order valence-corrected chi connectivity index (χ2v) is 7.01. The zero-order valence-electron chi connectivity index (χ0n) is 15.0. The van der Waals surface area contributed by atoms with Gasteiger partial charge in [-0.25, -0.2) is 4.39 Å². The smallest absolute Gasteiger partial charge is 0.225 e. The summed E-state index contributed by atoms with van der Waals surface area (Å²) < 4.78 is 13.3. The molecule has 0 aromatic heterocycles. The number of amides is 1. The van der Waals surface area contributed by atoms with E-state index in [4.69, 9.17) is 5.73 Å². The molecule has 0 aliphatic heterocycles. The Hall–Kier alpha value is -1.91. The van der Waals surface area contributed by atoms with Gasteiger partial charge in [-0.15, -0.1) is 12.4 Å². The number of nitrogens with one attached hydrogen (secondary N) is 1. The third-order valence-corrected chi connectivity index (χ3v) is 5.35. The molecule has 3 nitrogen and oxygen atoms in total. The number of benzene rings is 2. The summed E-state index contributed by atoms with van der Waals surface area (Å²) in [6.07, 6.45) is 3.85. The molecule has 0 saturated heterocycles. The van der Waals surface area contributed by atoms with Crippen molar-refractivity contribution < 1.29 is 9.18 Å². The Morgan fingerprint density at radius 2 is 1.65 bits per heavy atom. The Balaban J connectivity index is 0.00000243. The van der Waals surface area contributed by atoms with Crippen molar-refractivity contribution in [2.24, 2.45) is 11.7 Å². The van der Waals surface area contributed by atoms with Crippen LogP contribution >= 0.6 is 12.4 Å². The fourth-order valence-electron chi connectivity index (χ4n) is 3.71. The molecule has 3 rings (SSSR count). The molecule has 26 heavy (non-hydrogen) atoms. The Labute approximate surface area is 160 Å². The van der Waals surface area contributed by atoms with E-state index in [1.54, 1.807) is 12.1 Å². The quantitative estimate of drug-likeness (QED) is 0.808. The highest BCUT2D eigenvalue weighted by Gasteiger charge is 2.38. The van der Waals surface area contributed by atoms with Gasteiger partial charge < -0.3 is 11.1 Å². The number of hydrogen-bond donors (Lipinski definition) is 2. The maximum atomic E-state index is 13.3. The lowest BCUT2D eigenvalue weighted by molar-refractivity contribution is -0.127. The van der Waals surface area contributed by atoms with Crippen LogP contribution in [-0.2, 0) is 10.3 Å². The van der Waals surface area contributed by atoms with Gasteiger partial charge >= 0.3 is 0 Å². The van der Waals surface area contributed by atoms with Crippen LogP contribution in [0.15, 0.2) is 54.6 Å². The predicted octanol–water partition coefficient (Wildman–Crippen LogP) is 4.47. The molecule has 2 unspecified atom stereocenters. The Morgan fingerprint density at radius 1 is 1.08 bits per heavy atom. The number of carbonyl (C=O) groups is 1. The summed E-state index contributed by atoms with van der Waals surface area (Å²) in [6.45, 7) is 1.86. The molecule has 1 fully saturated rings. The molecule has 1 aliphatic rings. The van der Waals surface area contributed by atoms with E-state index in [1.807, 2.05) is 37.3 Å². The van der Waals surface area contributed by atoms with Crippen LogP contribution < -0.4 is 11.1 Å². The van der Waals surface area contributed by atoms with Crippen molar-refractivity contribution >= 4 is 18.3 Å². The van der Waals surface area contributed by atoms with Crippen LogP contribution in [0.1, 0.15) is 49.8 Å². The zero-order chi connectivity index (χ0) is 17.9. The SMILES string of the molecule is CC(C(=O)NC1(c2ccc(F)cc2)CCCC1)C(N)c1ccccc1.Cl. The maximum absolute atomic E-state index is 13.3. The Bertz CT molecular complexity index is 715. The van der Waals surface area contributed by atoms with Crippen molar-refractivity contribution in [1.29, 1.82) is 0 Å².